The van der Waals surface area contributed by atoms with Gasteiger partial charge >= 0.3 is 11.9 Å². The Hall–Kier alpha value is -1.88. The minimum Gasteiger partial charge on any atom is -0.462 e. The molecule has 0 aliphatic heterocycles. The molecule has 0 aromatic carbocycles. The summed E-state index contributed by atoms with van der Waals surface area (Å²) in [6.45, 7) is 7.69. The molecular weight excluding hydrogens is 620 g/mol. The van der Waals surface area contributed by atoms with E-state index < -0.39 is 6.10 Å². The van der Waals surface area contributed by atoms with Crippen LogP contribution in [0.2, 0.25) is 0 Å². The third-order valence-corrected chi connectivity index (χ3v) is 9.19. The number of rotatable bonds is 39. The molecule has 0 amide bonds. The van der Waals surface area contributed by atoms with Crippen molar-refractivity contribution < 1.29 is 23.8 Å². The van der Waals surface area contributed by atoms with Gasteiger partial charge in [0.05, 0.1) is 6.61 Å². The van der Waals surface area contributed by atoms with Crippen molar-refractivity contribution >= 4 is 11.9 Å². The van der Waals surface area contributed by atoms with Crippen LogP contribution in [0.5, 0.6) is 0 Å². The van der Waals surface area contributed by atoms with E-state index in [9.17, 15) is 9.59 Å². The largest absolute Gasteiger partial charge is 0.462 e. The molecule has 0 fully saturated rings. The standard InChI is InChI=1S/C45H82O5/c1-4-7-10-13-16-19-21-22-23-24-26-27-29-32-35-38-44(46)49-42-43(41-48-40-37-34-31-18-15-12-9-6-3)50-45(47)39-36-33-30-28-25-20-17-14-11-8-5-2/h7,10,16,19,22-23,43H,4-6,8-9,11-15,17-18,20-21,24-42H2,1-3H3/b10-7-,19-16-,23-22-. The Morgan fingerprint density at radius 2 is 0.900 bits per heavy atom. The highest BCUT2D eigenvalue weighted by molar-refractivity contribution is 5.70. The van der Waals surface area contributed by atoms with Gasteiger partial charge in [0.2, 0.25) is 0 Å². The van der Waals surface area contributed by atoms with Crippen LogP contribution in [0.25, 0.3) is 0 Å². The smallest absolute Gasteiger partial charge is 0.306 e. The zero-order valence-electron chi connectivity index (χ0n) is 33.4. The predicted octanol–water partition coefficient (Wildman–Crippen LogP) is 13.9. The van der Waals surface area contributed by atoms with Crippen molar-refractivity contribution in [3.8, 4) is 0 Å². The lowest BCUT2D eigenvalue weighted by Crippen LogP contribution is -2.30. The van der Waals surface area contributed by atoms with Gasteiger partial charge in [-0.2, -0.15) is 0 Å². The van der Waals surface area contributed by atoms with Gasteiger partial charge in [-0.05, 0) is 51.4 Å². The number of unbranched alkanes of at least 4 members (excludes halogenated alkanes) is 22. The van der Waals surface area contributed by atoms with Crippen LogP contribution in [0.3, 0.4) is 0 Å². The lowest BCUT2D eigenvalue weighted by molar-refractivity contribution is -0.163. The monoisotopic (exact) mass is 703 g/mol. The molecular formula is C45H82O5. The van der Waals surface area contributed by atoms with Crippen molar-refractivity contribution in [3.63, 3.8) is 0 Å². The van der Waals surface area contributed by atoms with Crippen LogP contribution in [-0.2, 0) is 23.8 Å². The normalized spacial score (nSPS) is 12.5. The van der Waals surface area contributed by atoms with Crippen molar-refractivity contribution in [2.75, 3.05) is 19.8 Å². The molecule has 0 N–H and O–H groups in total. The number of carbonyl (C=O) groups excluding carboxylic acids is 2. The molecule has 0 aliphatic rings. The summed E-state index contributed by atoms with van der Waals surface area (Å²) in [6.07, 6.45) is 47.1. The highest BCUT2D eigenvalue weighted by Crippen LogP contribution is 2.14. The van der Waals surface area contributed by atoms with E-state index in [1.807, 2.05) is 0 Å². The predicted molar refractivity (Wildman–Crippen MR) is 215 cm³/mol. The molecule has 0 heterocycles. The van der Waals surface area contributed by atoms with Gasteiger partial charge in [-0.15, -0.1) is 0 Å². The second-order valence-corrected chi connectivity index (χ2v) is 14.2. The van der Waals surface area contributed by atoms with E-state index in [-0.39, 0.29) is 25.2 Å². The molecule has 0 aromatic heterocycles. The van der Waals surface area contributed by atoms with E-state index in [2.05, 4.69) is 57.2 Å². The molecule has 50 heavy (non-hydrogen) atoms. The van der Waals surface area contributed by atoms with Gasteiger partial charge in [-0.25, -0.2) is 0 Å². The van der Waals surface area contributed by atoms with Crippen LogP contribution in [0.4, 0.5) is 0 Å². The summed E-state index contributed by atoms with van der Waals surface area (Å²) in [7, 11) is 0. The highest BCUT2D eigenvalue weighted by Gasteiger charge is 2.17. The fourth-order valence-electron chi connectivity index (χ4n) is 5.99. The fourth-order valence-corrected chi connectivity index (χ4v) is 5.99. The Morgan fingerprint density at radius 1 is 0.460 bits per heavy atom. The molecule has 0 aliphatic carbocycles. The van der Waals surface area contributed by atoms with Crippen molar-refractivity contribution in [1.82, 2.24) is 0 Å². The van der Waals surface area contributed by atoms with E-state index in [1.165, 1.54) is 109 Å². The first kappa shape index (κ1) is 48.1. The molecule has 0 saturated heterocycles. The van der Waals surface area contributed by atoms with Gasteiger partial charge in [0.25, 0.3) is 0 Å². The number of allylic oxidation sites excluding steroid dienone is 6. The van der Waals surface area contributed by atoms with Gasteiger partial charge in [-0.1, -0.05) is 186 Å². The summed E-state index contributed by atoms with van der Waals surface area (Å²) >= 11 is 0. The minimum atomic E-state index is -0.533. The summed E-state index contributed by atoms with van der Waals surface area (Å²) in [5, 5.41) is 0. The van der Waals surface area contributed by atoms with E-state index >= 15 is 0 Å². The average molecular weight is 703 g/mol. The third kappa shape index (κ3) is 38.9. The third-order valence-electron chi connectivity index (χ3n) is 9.19. The van der Waals surface area contributed by atoms with Gasteiger partial charge in [-0.3, -0.25) is 9.59 Å². The molecule has 0 aromatic rings. The van der Waals surface area contributed by atoms with Crippen molar-refractivity contribution in [2.45, 2.75) is 219 Å². The van der Waals surface area contributed by atoms with Crippen LogP contribution in [-0.4, -0.2) is 37.9 Å². The molecule has 1 unspecified atom stereocenters. The average Bonchev–Trinajstić information content (AvgIpc) is 3.11. The number of hydrogen-bond donors (Lipinski definition) is 0. The number of hydrogen-bond acceptors (Lipinski definition) is 5. The van der Waals surface area contributed by atoms with Crippen LogP contribution < -0.4 is 0 Å². The maximum absolute atomic E-state index is 12.6. The van der Waals surface area contributed by atoms with Crippen molar-refractivity contribution in [2.24, 2.45) is 0 Å². The Kier molecular flexibility index (Phi) is 40.0. The lowest BCUT2D eigenvalue weighted by atomic mass is 10.1. The first-order chi connectivity index (χ1) is 24.6. The summed E-state index contributed by atoms with van der Waals surface area (Å²) < 4.78 is 17.2. The summed E-state index contributed by atoms with van der Waals surface area (Å²) in [4.78, 5) is 25.1. The van der Waals surface area contributed by atoms with E-state index in [4.69, 9.17) is 14.2 Å². The zero-order chi connectivity index (χ0) is 36.4. The van der Waals surface area contributed by atoms with Gasteiger partial charge in [0, 0.05) is 19.4 Å². The number of carbonyl (C=O) groups is 2. The quantitative estimate of drug-likeness (QED) is 0.0362. The van der Waals surface area contributed by atoms with E-state index in [0.717, 1.165) is 70.6 Å². The molecule has 0 spiro atoms. The topological polar surface area (TPSA) is 61.8 Å². The van der Waals surface area contributed by atoms with E-state index in [0.29, 0.717) is 19.4 Å². The minimum absolute atomic E-state index is 0.0806. The first-order valence-corrected chi connectivity index (χ1v) is 21.5. The Balaban J connectivity index is 4.21. The fraction of sp³-hybridized carbons (Fsp3) is 0.822. The Labute approximate surface area is 310 Å². The SMILES string of the molecule is CC/C=C\C/C=C\C/C=C\CCCCCCCC(=O)OCC(COCCCCCCCCCC)OC(=O)CCCCCCCCCCCCC. The Morgan fingerprint density at radius 3 is 1.44 bits per heavy atom. The highest BCUT2D eigenvalue weighted by atomic mass is 16.6. The summed E-state index contributed by atoms with van der Waals surface area (Å²) in [5.74, 6) is -0.413. The lowest BCUT2D eigenvalue weighted by Gasteiger charge is -2.18. The molecule has 1 atom stereocenters. The molecule has 292 valence electrons. The van der Waals surface area contributed by atoms with Gasteiger partial charge in [0.1, 0.15) is 6.61 Å². The maximum atomic E-state index is 12.6. The van der Waals surface area contributed by atoms with Crippen molar-refractivity contribution in [3.05, 3.63) is 36.5 Å². The van der Waals surface area contributed by atoms with Crippen molar-refractivity contribution in [1.29, 1.82) is 0 Å². The maximum Gasteiger partial charge on any atom is 0.306 e. The van der Waals surface area contributed by atoms with E-state index in [1.54, 1.807) is 0 Å². The summed E-state index contributed by atoms with van der Waals surface area (Å²) in [6, 6.07) is 0. The zero-order valence-corrected chi connectivity index (χ0v) is 33.4. The molecule has 0 bridgehead atoms. The second-order valence-electron chi connectivity index (χ2n) is 14.2. The van der Waals surface area contributed by atoms with Crippen LogP contribution >= 0.6 is 0 Å². The molecule has 0 saturated carbocycles. The van der Waals surface area contributed by atoms with Gasteiger partial charge < -0.3 is 14.2 Å². The van der Waals surface area contributed by atoms with Crippen LogP contribution in [0, 0.1) is 0 Å². The molecule has 0 radical (unpaired) electrons. The number of esters is 2. The summed E-state index contributed by atoms with van der Waals surface area (Å²) in [5.41, 5.74) is 0. The molecule has 0 rings (SSSR count). The Bertz CT molecular complexity index is 801. The van der Waals surface area contributed by atoms with Gasteiger partial charge in [0.15, 0.2) is 6.10 Å². The molecule has 5 heteroatoms. The second kappa shape index (κ2) is 41.5. The van der Waals surface area contributed by atoms with Crippen LogP contribution in [0.1, 0.15) is 213 Å². The molecule has 5 nitrogen and oxygen atoms in total. The number of ether oxygens (including phenoxy) is 3. The van der Waals surface area contributed by atoms with Crippen LogP contribution in [0.15, 0.2) is 36.5 Å². The first-order valence-electron chi connectivity index (χ1n) is 21.5.